The summed E-state index contributed by atoms with van der Waals surface area (Å²) in [5.41, 5.74) is 0.0942. The fraction of sp³-hybridized carbons (Fsp3) is 0.857. The van der Waals surface area contributed by atoms with Gasteiger partial charge in [0.05, 0.1) is 13.7 Å². The molecule has 0 bridgehead atoms. The van der Waals surface area contributed by atoms with Gasteiger partial charge in [0, 0.05) is 0 Å². The summed E-state index contributed by atoms with van der Waals surface area (Å²) in [7, 11) is 1.49. The molecule has 0 unspecified atom stereocenters. The lowest BCUT2D eigenvalue weighted by Gasteiger charge is -2.24. The number of carbonyl (C=O) groups is 1. The van der Waals surface area contributed by atoms with E-state index in [0.717, 1.165) is 0 Å². The molecule has 3 nitrogen and oxygen atoms in total. The average molecular weight is 145 g/mol. The van der Waals surface area contributed by atoms with Gasteiger partial charge in [-0.1, -0.05) is 20.8 Å². The van der Waals surface area contributed by atoms with E-state index in [1.165, 1.54) is 12.2 Å². The number of rotatable bonds is 3. The Hall–Kier alpha value is -0.570. The summed E-state index contributed by atoms with van der Waals surface area (Å²) < 4.78 is 0. The highest BCUT2D eigenvalue weighted by molar-refractivity contribution is 5.45. The van der Waals surface area contributed by atoms with Gasteiger partial charge < -0.3 is 0 Å². The summed E-state index contributed by atoms with van der Waals surface area (Å²) in [6.07, 6.45) is 0.686. The molecule has 3 heteroatoms. The lowest BCUT2D eigenvalue weighted by Crippen LogP contribution is -2.30. The average Bonchev–Trinajstić information content (AvgIpc) is 1.81. The molecular weight excluding hydrogens is 130 g/mol. The van der Waals surface area contributed by atoms with E-state index >= 15 is 0 Å². The van der Waals surface area contributed by atoms with Crippen molar-refractivity contribution < 1.29 is 9.63 Å². The molecule has 0 spiro atoms. The van der Waals surface area contributed by atoms with Gasteiger partial charge in [0.15, 0.2) is 0 Å². The molecule has 0 aromatic heterocycles. The topological polar surface area (TPSA) is 29.5 Å². The number of hydrogen-bond acceptors (Lipinski definition) is 2. The Morgan fingerprint density at radius 2 is 2.00 bits per heavy atom. The molecule has 0 aliphatic rings. The third-order valence-electron chi connectivity index (χ3n) is 0.982. The van der Waals surface area contributed by atoms with Crippen LogP contribution in [0.25, 0.3) is 0 Å². The number of nitrogens with zero attached hydrogens (tertiary/aromatic N) is 1. The van der Waals surface area contributed by atoms with E-state index < -0.39 is 0 Å². The fourth-order valence-electron chi connectivity index (χ4n) is 0.612. The van der Waals surface area contributed by atoms with Crippen molar-refractivity contribution in [3.05, 3.63) is 0 Å². The van der Waals surface area contributed by atoms with Gasteiger partial charge in [0.25, 0.3) is 0 Å². The third kappa shape index (κ3) is 4.32. The first kappa shape index (κ1) is 9.43. The molecule has 0 radical (unpaired) electrons. The molecule has 0 aromatic carbocycles. The van der Waals surface area contributed by atoms with Crippen molar-refractivity contribution in [2.45, 2.75) is 20.8 Å². The van der Waals surface area contributed by atoms with Crippen LogP contribution in [0.1, 0.15) is 20.8 Å². The Balaban J connectivity index is 3.74. The predicted molar refractivity (Wildman–Crippen MR) is 39.2 cm³/mol. The van der Waals surface area contributed by atoms with Gasteiger partial charge in [-0.05, 0) is 5.41 Å². The number of hydroxylamine groups is 2. The van der Waals surface area contributed by atoms with Crippen molar-refractivity contribution in [3.8, 4) is 0 Å². The quantitative estimate of drug-likeness (QED) is 0.439. The van der Waals surface area contributed by atoms with Crippen LogP contribution < -0.4 is 0 Å². The van der Waals surface area contributed by atoms with Gasteiger partial charge in [-0.15, -0.1) is 0 Å². The Morgan fingerprint density at radius 1 is 1.50 bits per heavy atom. The lowest BCUT2D eigenvalue weighted by atomic mass is 9.97. The van der Waals surface area contributed by atoms with Gasteiger partial charge in [0.1, 0.15) is 0 Å². The summed E-state index contributed by atoms with van der Waals surface area (Å²) >= 11 is 0. The predicted octanol–water partition coefficient (Wildman–Crippen LogP) is 1.05. The van der Waals surface area contributed by atoms with Gasteiger partial charge >= 0.3 is 0 Å². The van der Waals surface area contributed by atoms with Gasteiger partial charge in [-0.25, -0.2) is 5.06 Å². The minimum absolute atomic E-state index is 0.0942. The van der Waals surface area contributed by atoms with E-state index in [0.29, 0.717) is 13.0 Å². The minimum atomic E-state index is 0.0942. The summed E-state index contributed by atoms with van der Waals surface area (Å²) in [5.74, 6) is 0. The highest BCUT2D eigenvalue weighted by atomic mass is 16.7. The smallest absolute Gasteiger partial charge is 0.233 e. The van der Waals surface area contributed by atoms with Crippen molar-refractivity contribution in [1.82, 2.24) is 5.06 Å². The van der Waals surface area contributed by atoms with Gasteiger partial charge in [-0.2, -0.15) is 0 Å². The molecule has 60 valence electrons. The van der Waals surface area contributed by atoms with Crippen LogP contribution in [0.15, 0.2) is 0 Å². The second kappa shape index (κ2) is 3.56. The van der Waals surface area contributed by atoms with E-state index in [9.17, 15) is 4.79 Å². The second-order valence-corrected chi connectivity index (χ2v) is 3.42. The molecule has 0 fully saturated rings. The fourth-order valence-corrected chi connectivity index (χ4v) is 0.612. The molecule has 10 heavy (non-hydrogen) atoms. The molecule has 1 amide bonds. The Bertz CT molecular complexity index is 107. The Labute approximate surface area is 61.9 Å². The standard InChI is InChI=1S/C7H15NO2/c1-7(2,3)5-8(6-9)10-4/h6H,5H2,1-4H3. The van der Waals surface area contributed by atoms with Crippen molar-refractivity contribution in [3.63, 3.8) is 0 Å². The molecule has 0 aromatic rings. The van der Waals surface area contributed by atoms with Crippen LogP contribution in [0.5, 0.6) is 0 Å². The summed E-state index contributed by atoms with van der Waals surface area (Å²) in [6, 6.07) is 0. The first-order valence-electron chi connectivity index (χ1n) is 3.25. The molecule has 0 aliphatic carbocycles. The molecule has 0 N–H and O–H groups in total. The molecule has 0 saturated heterocycles. The highest BCUT2D eigenvalue weighted by Crippen LogP contribution is 2.13. The second-order valence-electron chi connectivity index (χ2n) is 3.42. The Morgan fingerprint density at radius 3 is 2.10 bits per heavy atom. The van der Waals surface area contributed by atoms with Crippen LogP contribution in [-0.4, -0.2) is 25.1 Å². The highest BCUT2D eigenvalue weighted by Gasteiger charge is 2.14. The van der Waals surface area contributed by atoms with Crippen molar-refractivity contribution in [2.24, 2.45) is 5.41 Å². The van der Waals surface area contributed by atoms with E-state index in [-0.39, 0.29) is 5.41 Å². The van der Waals surface area contributed by atoms with Crippen LogP contribution in [0, 0.1) is 5.41 Å². The first-order valence-corrected chi connectivity index (χ1v) is 3.25. The summed E-state index contributed by atoms with van der Waals surface area (Å²) in [6.45, 7) is 6.75. The van der Waals surface area contributed by atoms with Crippen LogP contribution in [0.4, 0.5) is 0 Å². The van der Waals surface area contributed by atoms with Crippen LogP contribution in [0.2, 0.25) is 0 Å². The largest absolute Gasteiger partial charge is 0.276 e. The maximum atomic E-state index is 10.2. The van der Waals surface area contributed by atoms with Crippen molar-refractivity contribution in [1.29, 1.82) is 0 Å². The number of carbonyl (C=O) groups excluding carboxylic acids is 1. The minimum Gasteiger partial charge on any atom is -0.276 e. The molecule has 0 rings (SSSR count). The zero-order valence-corrected chi connectivity index (χ0v) is 7.05. The zero-order chi connectivity index (χ0) is 8.20. The van der Waals surface area contributed by atoms with Crippen LogP contribution in [-0.2, 0) is 9.63 Å². The van der Waals surface area contributed by atoms with E-state index in [1.54, 1.807) is 0 Å². The van der Waals surface area contributed by atoms with Crippen LogP contribution in [0.3, 0.4) is 0 Å². The molecular formula is C7H15NO2. The van der Waals surface area contributed by atoms with Crippen molar-refractivity contribution >= 4 is 6.41 Å². The van der Waals surface area contributed by atoms with Crippen molar-refractivity contribution in [2.75, 3.05) is 13.7 Å². The number of hydrogen-bond donors (Lipinski definition) is 0. The maximum absolute atomic E-state index is 10.2. The maximum Gasteiger partial charge on any atom is 0.233 e. The monoisotopic (exact) mass is 145 g/mol. The lowest BCUT2D eigenvalue weighted by molar-refractivity contribution is -0.166. The van der Waals surface area contributed by atoms with Gasteiger partial charge in [0.2, 0.25) is 6.41 Å². The third-order valence-corrected chi connectivity index (χ3v) is 0.982. The molecule has 0 atom stereocenters. The normalized spacial score (nSPS) is 11.2. The molecule has 0 saturated carbocycles. The first-order chi connectivity index (χ1) is 4.49. The van der Waals surface area contributed by atoms with E-state index in [4.69, 9.17) is 4.84 Å². The molecule has 0 heterocycles. The number of amides is 1. The van der Waals surface area contributed by atoms with E-state index in [1.807, 2.05) is 20.8 Å². The Kier molecular flexibility index (Phi) is 3.36. The SMILES string of the molecule is CON(C=O)CC(C)(C)C. The van der Waals surface area contributed by atoms with Gasteiger partial charge in [-0.3, -0.25) is 9.63 Å². The summed E-state index contributed by atoms with van der Waals surface area (Å²) in [5, 5.41) is 1.28. The van der Waals surface area contributed by atoms with Crippen LogP contribution >= 0.6 is 0 Å². The van der Waals surface area contributed by atoms with E-state index in [2.05, 4.69) is 0 Å². The molecule has 0 aliphatic heterocycles. The summed E-state index contributed by atoms with van der Waals surface area (Å²) in [4.78, 5) is 15.0. The zero-order valence-electron chi connectivity index (χ0n) is 7.05.